The molecule has 1 atom stereocenters. The summed E-state index contributed by atoms with van der Waals surface area (Å²) in [5.74, 6) is 0. The van der Waals surface area contributed by atoms with E-state index in [0.29, 0.717) is 37.7 Å². The average Bonchev–Trinajstić information content (AvgIpc) is 2.99. The van der Waals surface area contributed by atoms with Crippen molar-refractivity contribution >= 4 is 10.0 Å². The molecule has 3 rings (SSSR count). The first kappa shape index (κ1) is 15.0. The smallest absolute Gasteiger partial charge is 0.246 e. The molecule has 1 aromatic rings. The Morgan fingerprint density at radius 1 is 1.38 bits per heavy atom. The molecular formula is C13H22N4O3S. The van der Waals surface area contributed by atoms with Crippen molar-refractivity contribution in [1.82, 2.24) is 19.4 Å². The second-order valence-electron chi connectivity index (χ2n) is 5.72. The van der Waals surface area contributed by atoms with Gasteiger partial charge in [0.2, 0.25) is 10.0 Å². The summed E-state index contributed by atoms with van der Waals surface area (Å²) in [6, 6.07) is 0.420. The maximum absolute atomic E-state index is 12.6. The average molecular weight is 314 g/mol. The van der Waals surface area contributed by atoms with Crippen molar-refractivity contribution in [3.8, 4) is 0 Å². The van der Waals surface area contributed by atoms with Gasteiger partial charge < -0.3 is 10.1 Å². The van der Waals surface area contributed by atoms with E-state index in [9.17, 15) is 8.42 Å². The number of piperazine rings is 1. The second kappa shape index (κ2) is 6.04. The zero-order chi connectivity index (χ0) is 14.9. The molecule has 3 heterocycles. The van der Waals surface area contributed by atoms with Gasteiger partial charge in [0.15, 0.2) is 0 Å². The predicted octanol–water partition coefficient (Wildman–Crippen LogP) is 0.217. The normalized spacial score (nSPS) is 26.0. The number of ether oxygens (including phenoxy) is 1. The fraction of sp³-hybridized carbons (Fsp3) is 0.769. The summed E-state index contributed by atoms with van der Waals surface area (Å²) in [4.78, 5) is 0.295. The van der Waals surface area contributed by atoms with E-state index in [1.165, 1.54) is 6.20 Å². The molecule has 118 valence electrons. The van der Waals surface area contributed by atoms with E-state index in [0.717, 1.165) is 12.8 Å². The van der Waals surface area contributed by atoms with Crippen LogP contribution in [0, 0.1) is 0 Å². The van der Waals surface area contributed by atoms with Crippen molar-refractivity contribution < 1.29 is 13.2 Å². The van der Waals surface area contributed by atoms with E-state index in [4.69, 9.17) is 4.74 Å². The number of rotatable bonds is 3. The number of nitrogens with one attached hydrogen (secondary N) is 1. The first-order valence-corrected chi connectivity index (χ1v) is 8.87. The molecule has 0 bridgehead atoms. The zero-order valence-electron chi connectivity index (χ0n) is 12.2. The van der Waals surface area contributed by atoms with Gasteiger partial charge in [-0.25, -0.2) is 8.42 Å². The van der Waals surface area contributed by atoms with Crippen molar-refractivity contribution in [2.45, 2.75) is 36.7 Å². The number of hydrogen-bond donors (Lipinski definition) is 1. The molecule has 1 N–H and O–H groups in total. The lowest BCUT2D eigenvalue weighted by atomic mass is 10.1. The van der Waals surface area contributed by atoms with Gasteiger partial charge in [-0.2, -0.15) is 9.40 Å². The third kappa shape index (κ3) is 3.13. The van der Waals surface area contributed by atoms with Crippen LogP contribution in [0.15, 0.2) is 17.3 Å². The molecule has 0 aliphatic carbocycles. The molecule has 2 fully saturated rings. The molecule has 1 unspecified atom stereocenters. The molecule has 7 nitrogen and oxygen atoms in total. The van der Waals surface area contributed by atoms with Crippen LogP contribution in [0.25, 0.3) is 0 Å². The lowest BCUT2D eigenvalue weighted by Gasteiger charge is -2.30. The molecule has 8 heteroatoms. The van der Waals surface area contributed by atoms with Gasteiger partial charge in [-0.05, 0) is 19.8 Å². The summed E-state index contributed by atoms with van der Waals surface area (Å²) < 4.78 is 33.9. The Morgan fingerprint density at radius 2 is 2.14 bits per heavy atom. The molecule has 2 aliphatic rings. The summed E-state index contributed by atoms with van der Waals surface area (Å²) in [7, 11) is -3.43. The summed E-state index contributed by atoms with van der Waals surface area (Å²) in [5.41, 5.74) is 0. The molecule has 0 aromatic carbocycles. The van der Waals surface area contributed by atoms with Gasteiger partial charge >= 0.3 is 0 Å². The minimum absolute atomic E-state index is 0.180. The SMILES string of the molecule is CC1CN(S(=O)(=O)c2cnn(C3CCOCC3)c2)CCN1. The van der Waals surface area contributed by atoms with E-state index in [1.54, 1.807) is 15.2 Å². The van der Waals surface area contributed by atoms with Crippen molar-refractivity contribution in [1.29, 1.82) is 0 Å². The standard InChI is InChI=1S/C13H22N4O3S/c1-11-9-16(5-4-14-11)21(18,19)13-8-15-17(10-13)12-2-6-20-7-3-12/h8,10-12,14H,2-7,9H2,1H3. The van der Waals surface area contributed by atoms with Crippen LogP contribution in [0.2, 0.25) is 0 Å². The van der Waals surface area contributed by atoms with Crippen LogP contribution in [0.4, 0.5) is 0 Å². The van der Waals surface area contributed by atoms with E-state index in [1.807, 2.05) is 6.92 Å². The minimum atomic E-state index is -3.43. The van der Waals surface area contributed by atoms with Crippen LogP contribution in [0.1, 0.15) is 25.8 Å². The van der Waals surface area contributed by atoms with Gasteiger partial charge in [0.1, 0.15) is 4.90 Å². The van der Waals surface area contributed by atoms with Crippen molar-refractivity contribution in [2.24, 2.45) is 0 Å². The van der Waals surface area contributed by atoms with Crippen LogP contribution >= 0.6 is 0 Å². The predicted molar refractivity (Wildman–Crippen MR) is 77.5 cm³/mol. The van der Waals surface area contributed by atoms with Gasteiger partial charge in [-0.1, -0.05) is 0 Å². The van der Waals surface area contributed by atoms with Crippen molar-refractivity contribution in [3.05, 3.63) is 12.4 Å². The molecule has 1 aromatic heterocycles. The van der Waals surface area contributed by atoms with Crippen LogP contribution in [-0.4, -0.2) is 61.4 Å². The summed E-state index contributed by atoms with van der Waals surface area (Å²) >= 11 is 0. The van der Waals surface area contributed by atoms with E-state index < -0.39 is 10.0 Å². The Labute approximate surface area is 125 Å². The molecule has 2 saturated heterocycles. The fourth-order valence-corrected chi connectivity index (χ4v) is 4.34. The highest BCUT2D eigenvalue weighted by Crippen LogP contribution is 2.23. The summed E-state index contributed by atoms with van der Waals surface area (Å²) in [5, 5.41) is 7.51. The minimum Gasteiger partial charge on any atom is -0.381 e. The molecule has 0 spiro atoms. The monoisotopic (exact) mass is 314 g/mol. The maximum Gasteiger partial charge on any atom is 0.246 e. The van der Waals surface area contributed by atoms with Gasteiger partial charge in [0.25, 0.3) is 0 Å². The summed E-state index contributed by atoms with van der Waals surface area (Å²) in [6.07, 6.45) is 4.90. The Hall–Kier alpha value is -0.960. The largest absolute Gasteiger partial charge is 0.381 e. The van der Waals surface area contributed by atoms with E-state index in [2.05, 4.69) is 10.4 Å². The number of sulfonamides is 1. The highest BCUT2D eigenvalue weighted by molar-refractivity contribution is 7.89. The van der Waals surface area contributed by atoms with E-state index >= 15 is 0 Å². The Balaban J connectivity index is 1.77. The molecule has 0 saturated carbocycles. The zero-order valence-corrected chi connectivity index (χ0v) is 13.1. The molecule has 0 radical (unpaired) electrons. The Kier molecular flexibility index (Phi) is 4.30. The lowest BCUT2D eigenvalue weighted by molar-refractivity contribution is 0.0662. The first-order valence-electron chi connectivity index (χ1n) is 7.43. The lowest BCUT2D eigenvalue weighted by Crippen LogP contribution is -2.51. The quantitative estimate of drug-likeness (QED) is 0.863. The van der Waals surface area contributed by atoms with Crippen LogP contribution in [0.3, 0.4) is 0 Å². The number of nitrogens with zero attached hydrogens (tertiary/aromatic N) is 3. The first-order chi connectivity index (χ1) is 10.1. The van der Waals surface area contributed by atoms with Gasteiger partial charge in [0.05, 0.1) is 12.2 Å². The second-order valence-corrected chi connectivity index (χ2v) is 7.66. The fourth-order valence-electron chi connectivity index (χ4n) is 2.87. The van der Waals surface area contributed by atoms with Crippen molar-refractivity contribution in [3.63, 3.8) is 0 Å². The van der Waals surface area contributed by atoms with Crippen LogP contribution in [-0.2, 0) is 14.8 Å². The maximum atomic E-state index is 12.6. The van der Waals surface area contributed by atoms with Crippen molar-refractivity contribution in [2.75, 3.05) is 32.8 Å². The highest BCUT2D eigenvalue weighted by Gasteiger charge is 2.30. The van der Waals surface area contributed by atoms with E-state index in [-0.39, 0.29) is 12.1 Å². The topological polar surface area (TPSA) is 76.5 Å². The Bertz CT molecular complexity index is 580. The third-order valence-electron chi connectivity index (χ3n) is 4.11. The highest BCUT2D eigenvalue weighted by atomic mass is 32.2. The van der Waals surface area contributed by atoms with Crippen LogP contribution in [0.5, 0.6) is 0 Å². The molecule has 21 heavy (non-hydrogen) atoms. The van der Waals surface area contributed by atoms with Gasteiger partial charge in [-0.15, -0.1) is 0 Å². The third-order valence-corrected chi connectivity index (χ3v) is 5.93. The number of aromatic nitrogens is 2. The summed E-state index contributed by atoms with van der Waals surface area (Å²) in [6.45, 7) is 5.12. The molecule has 2 aliphatic heterocycles. The molecular weight excluding hydrogens is 292 g/mol. The van der Waals surface area contributed by atoms with Gasteiger partial charge in [0, 0.05) is 45.1 Å². The number of hydrogen-bond acceptors (Lipinski definition) is 5. The van der Waals surface area contributed by atoms with Crippen LogP contribution < -0.4 is 5.32 Å². The van der Waals surface area contributed by atoms with Gasteiger partial charge in [-0.3, -0.25) is 4.68 Å². The molecule has 0 amide bonds. The Morgan fingerprint density at radius 3 is 2.86 bits per heavy atom.